The topological polar surface area (TPSA) is 30.5 Å². The molecule has 29 heavy (non-hydrogen) atoms. The summed E-state index contributed by atoms with van der Waals surface area (Å²) in [7, 11) is 0. The first kappa shape index (κ1) is 21.2. The van der Waals surface area contributed by atoms with Crippen molar-refractivity contribution in [3.8, 4) is 11.5 Å². The summed E-state index contributed by atoms with van der Waals surface area (Å²) in [5.74, 6) is 1.27. The number of hydrogen-bond donors (Lipinski definition) is 1. The van der Waals surface area contributed by atoms with Gasteiger partial charge in [-0.25, -0.2) is 0 Å². The highest BCUT2D eigenvalue weighted by Crippen LogP contribution is 2.37. The van der Waals surface area contributed by atoms with E-state index >= 15 is 0 Å². The normalized spacial score (nSPS) is 10.8. The van der Waals surface area contributed by atoms with Crippen molar-refractivity contribution in [1.82, 2.24) is 5.32 Å². The Hall–Kier alpha value is -2.49. The molecule has 152 valence electrons. The van der Waals surface area contributed by atoms with E-state index in [9.17, 15) is 0 Å². The average Bonchev–Trinajstić information content (AvgIpc) is 2.70. The molecule has 0 radical (unpaired) electrons. The van der Waals surface area contributed by atoms with E-state index in [-0.39, 0.29) is 0 Å². The minimum absolute atomic E-state index is 0.449. The van der Waals surface area contributed by atoms with Gasteiger partial charge in [-0.3, -0.25) is 0 Å². The Balaban J connectivity index is 1.66. The van der Waals surface area contributed by atoms with E-state index < -0.39 is 0 Å². The van der Waals surface area contributed by atoms with Gasteiger partial charge in [0.2, 0.25) is 0 Å². The minimum Gasteiger partial charge on any atom is -0.490 e. The molecule has 0 amide bonds. The van der Waals surface area contributed by atoms with Crippen LogP contribution in [0.3, 0.4) is 0 Å². The SMILES string of the molecule is CCOc1cc(CNCc2ccc(C)cc2)cc(Cl)c1OCc1ccc(C)cc1. The summed E-state index contributed by atoms with van der Waals surface area (Å²) in [5.41, 5.74) is 5.91. The zero-order valence-electron chi connectivity index (χ0n) is 17.3. The largest absolute Gasteiger partial charge is 0.490 e. The number of ether oxygens (including phenoxy) is 2. The van der Waals surface area contributed by atoms with Gasteiger partial charge in [0.1, 0.15) is 6.61 Å². The molecule has 1 N–H and O–H groups in total. The van der Waals surface area contributed by atoms with E-state index in [1.165, 1.54) is 16.7 Å². The highest BCUT2D eigenvalue weighted by molar-refractivity contribution is 6.32. The molecular weight excluding hydrogens is 382 g/mol. The molecule has 0 fully saturated rings. The van der Waals surface area contributed by atoms with Gasteiger partial charge in [-0.1, -0.05) is 71.3 Å². The third-order valence-corrected chi connectivity index (χ3v) is 4.93. The van der Waals surface area contributed by atoms with E-state index in [1.54, 1.807) is 0 Å². The maximum Gasteiger partial charge on any atom is 0.180 e. The predicted molar refractivity (Wildman–Crippen MR) is 120 cm³/mol. The zero-order chi connectivity index (χ0) is 20.6. The Bertz CT molecular complexity index is 921. The zero-order valence-corrected chi connectivity index (χ0v) is 18.1. The van der Waals surface area contributed by atoms with Gasteiger partial charge >= 0.3 is 0 Å². The first-order chi connectivity index (χ1) is 14.0. The van der Waals surface area contributed by atoms with Crippen LogP contribution < -0.4 is 14.8 Å². The fraction of sp³-hybridized carbons (Fsp3) is 0.280. The van der Waals surface area contributed by atoms with Gasteiger partial charge in [0.25, 0.3) is 0 Å². The van der Waals surface area contributed by atoms with E-state index in [0.29, 0.717) is 36.3 Å². The van der Waals surface area contributed by atoms with Gasteiger partial charge in [0.15, 0.2) is 11.5 Å². The molecule has 4 heteroatoms. The molecule has 0 saturated carbocycles. The van der Waals surface area contributed by atoms with Crippen molar-refractivity contribution >= 4 is 11.6 Å². The van der Waals surface area contributed by atoms with Crippen LogP contribution >= 0.6 is 11.6 Å². The van der Waals surface area contributed by atoms with Gasteiger partial charge in [0.05, 0.1) is 11.6 Å². The second kappa shape index (κ2) is 10.3. The van der Waals surface area contributed by atoms with Crippen LogP contribution in [0.15, 0.2) is 60.7 Å². The minimum atomic E-state index is 0.449. The van der Waals surface area contributed by atoms with Gasteiger partial charge < -0.3 is 14.8 Å². The lowest BCUT2D eigenvalue weighted by Crippen LogP contribution is -2.13. The van der Waals surface area contributed by atoms with Crippen LogP contribution in [0.25, 0.3) is 0 Å². The van der Waals surface area contributed by atoms with Crippen LogP contribution in [0.1, 0.15) is 34.7 Å². The van der Waals surface area contributed by atoms with Crippen LogP contribution in [0, 0.1) is 13.8 Å². The first-order valence-corrected chi connectivity index (χ1v) is 10.3. The lowest BCUT2D eigenvalue weighted by atomic mass is 10.1. The van der Waals surface area contributed by atoms with Crippen molar-refractivity contribution in [1.29, 1.82) is 0 Å². The Morgan fingerprint density at radius 1 is 0.759 bits per heavy atom. The van der Waals surface area contributed by atoms with Gasteiger partial charge in [-0.2, -0.15) is 0 Å². The van der Waals surface area contributed by atoms with E-state index in [4.69, 9.17) is 21.1 Å². The molecular formula is C25H28ClNO2. The van der Waals surface area contributed by atoms with E-state index in [2.05, 4.69) is 67.7 Å². The molecule has 3 nitrogen and oxygen atoms in total. The van der Waals surface area contributed by atoms with Crippen molar-refractivity contribution in [2.24, 2.45) is 0 Å². The van der Waals surface area contributed by atoms with Crippen molar-refractivity contribution < 1.29 is 9.47 Å². The monoisotopic (exact) mass is 409 g/mol. The fourth-order valence-corrected chi connectivity index (χ4v) is 3.31. The molecule has 0 heterocycles. The molecule has 0 bridgehead atoms. The van der Waals surface area contributed by atoms with Gasteiger partial charge in [-0.05, 0) is 49.6 Å². The van der Waals surface area contributed by atoms with Crippen LogP contribution in [0.4, 0.5) is 0 Å². The molecule has 3 aromatic rings. The van der Waals surface area contributed by atoms with Crippen molar-refractivity contribution in [2.45, 2.75) is 40.5 Å². The van der Waals surface area contributed by atoms with E-state index in [1.807, 2.05) is 19.1 Å². The molecule has 0 aromatic heterocycles. The van der Waals surface area contributed by atoms with Crippen molar-refractivity contribution in [2.75, 3.05) is 6.61 Å². The molecule has 3 rings (SSSR count). The van der Waals surface area contributed by atoms with Gasteiger partial charge in [-0.15, -0.1) is 0 Å². The number of rotatable bonds is 9. The predicted octanol–water partition coefficient (Wildman–Crippen LogP) is 6.22. The standard InChI is InChI=1S/C25H28ClNO2/c1-4-28-24-14-22(16-27-15-20-9-5-18(2)6-10-20)13-23(26)25(24)29-17-21-11-7-19(3)8-12-21/h5-14,27H,4,15-17H2,1-3H3. The molecule has 0 aliphatic rings. The number of halogens is 1. The summed E-state index contributed by atoms with van der Waals surface area (Å²) < 4.78 is 11.8. The third kappa shape index (κ3) is 6.25. The third-order valence-electron chi connectivity index (χ3n) is 4.65. The van der Waals surface area contributed by atoms with Crippen molar-refractivity contribution in [3.63, 3.8) is 0 Å². The number of aryl methyl sites for hydroxylation is 2. The summed E-state index contributed by atoms with van der Waals surface area (Å²) in [6, 6.07) is 20.8. The van der Waals surface area contributed by atoms with Crippen LogP contribution in [-0.2, 0) is 19.7 Å². The highest BCUT2D eigenvalue weighted by atomic mass is 35.5. The quantitative estimate of drug-likeness (QED) is 0.454. The molecule has 3 aromatic carbocycles. The Labute approximate surface area is 178 Å². The number of nitrogens with one attached hydrogen (secondary N) is 1. The van der Waals surface area contributed by atoms with Crippen molar-refractivity contribution in [3.05, 3.63) is 93.5 Å². The Morgan fingerprint density at radius 2 is 1.34 bits per heavy atom. The summed E-state index contributed by atoms with van der Waals surface area (Å²) >= 11 is 6.54. The lowest BCUT2D eigenvalue weighted by Gasteiger charge is -2.16. The average molecular weight is 410 g/mol. The van der Waals surface area contributed by atoms with E-state index in [0.717, 1.165) is 17.7 Å². The first-order valence-electron chi connectivity index (χ1n) is 9.95. The molecule has 0 unspecified atom stereocenters. The van der Waals surface area contributed by atoms with Crippen LogP contribution in [0.2, 0.25) is 5.02 Å². The molecule has 0 aliphatic heterocycles. The van der Waals surface area contributed by atoms with Gasteiger partial charge in [0, 0.05) is 13.1 Å². The summed E-state index contributed by atoms with van der Waals surface area (Å²) in [4.78, 5) is 0. The number of benzene rings is 3. The Morgan fingerprint density at radius 3 is 1.97 bits per heavy atom. The van der Waals surface area contributed by atoms with Crippen LogP contribution in [0.5, 0.6) is 11.5 Å². The highest BCUT2D eigenvalue weighted by Gasteiger charge is 2.13. The van der Waals surface area contributed by atoms with Crippen LogP contribution in [-0.4, -0.2) is 6.61 Å². The second-order valence-corrected chi connectivity index (χ2v) is 7.61. The molecule has 0 aliphatic carbocycles. The molecule has 0 saturated heterocycles. The summed E-state index contributed by atoms with van der Waals surface area (Å²) in [6.07, 6.45) is 0. The Kier molecular flexibility index (Phi) is 7.56. The second-order valence-electron chi connectivity index (χ2n) is 7.20. The smallest absolute Gasteiger partial charge is 0.180 e. The molecule has 0 spiro atoms. The summed E-state index contributed by atoms with van der Waals surface area (Å²) in [5, 5.41) is 4.03. The summed E-state index contributed by atoms with van der Waals surface area (Å²) in [6.45, 7) is 8.62. The fourth-order valence-electron chi connectivity index (χ4n) is 3.02. The maximum atomic E-state index is 6.54. The lowest BCUT2D eigenvalue weighted by molar-refractivity contribution is 0.269. The molecule has 0 atom stereocenters. The number of hydrogen-bond acceptors (Lipinski definition) is 3. The maximum absolute atomic E-state index is 6.54.